The van der Waals surface area contributed by atoms with Crippen molar-refractivity contribution in [3.63, 3.8) is 0 Å². The zero-order valence-corrected chi connectivity index (χ0v) is 15.0. The number of anilines is 1. The molecule has 0 saturated carbocycles. The van der Waals surface area contributed by atoms with Gasteiger partial charge in [0, 0.05) is 44.5 Å². The van der Waals surface area contributed by atoms with Crippen molar-refractivity contribution in [3.8, 4) is 0 Å². The number of rotatable bonds is 6. The van der Waals surface area contributed by atoms with E-state index in [2.05, 4.69) is 34.1 Å². The maximum Gasteiger partial charge on any atom is 0.128 e. The lowest BCUT2D eigenvalue weighted by atomic mass is 10.0. The van der Waals surface area contributed by atoms with Crippen LogP contribution in [0.1, 0.15) is 24.5 Å². The SMILES string of the molecule is CCC(N)Cc1ccc(N2CCN(Cc3ccccc3)CC2)cc1F. The van der Waals surface area contributed by atoms with E-state index in [1.807, 2.05) is 25.1 Å². The van der Waals surface area contributed by atoms with Crippen molar-refractivity contribution < 1.29 is 4.39 Å². The first kappa shape index (κ1) is 17.9. The predicted molar refractivity (Wildman–Crippen MR) is 102 cm³/mol. The molecule has 0 aliphatic carbocycles. The lowest BCUT2D eigenvalue weighted by molar-refractivity contribution is 0.250. The Kier molecular flexibility index (Phi) is 6.05. The van der Waals surface area contributed by atoms with Gasteiger partial charge in [0.2, 0.25) is 0 Å². The molecule has 1 atom stereocenters. The van der Waals surface area contributed by atoms with Gasteiger partial charge in [-0.3, -0.25) is 4.90 Å². The molecule has 3 nitrogen and oxygen atoms in total. The van der Waals surface area contributed by atoms with Gasteiger partial charge in [0.05, 0.1) is 0 Å². The molecule has 1 aliphatic heterocycles. The van der Waals surface area contributed by atoms with Crippen molar-refractivity contribution >= 4 is 5.69 Å². The molecule has 1 aliphatic rings. The number of halogens is 1. The van der Waals surface area contributed by atoms with E-state index < -0.39 is 0 Å². The van der Waals surface area contributed by atoms with Crippen LogP contribution < -0.4 is 10.6 Å². The van der Waals surface area contributed by atoms with Crippen LogP contribution in [0.4, 0.5) is 10.1 Å². The van der Waals surface area contributed by atoms with Crippen LogP contribution in [0.3, 0.4) is 0 Å². The van der Waals surface area contributed by atoms with E-state index in [1.54, 1.807) is 6.07 Å². The van der Waals surface area contributed by atoms with Crippen LogP contribution in [0.15, 0.2) is 48.5 Å². The van der Waals surface area contributed by atoms with Crippen LogP contribution >= 0.6 is 0 Å². The van der Waals surface area contributed by atoms with Crippen molar-refractivity contribution in [2.45, 2.75) is 32.4 Å². The van der Waals surface area contributed by atoms with Crippen molar-refractivity contribution in [1.82, 2.24) is 4.90 Å². The van der Waals surface area contributed by atoms with Gasteiger partial charge in [-0.2, -0.15) is 0 Å². The zero-order chi connectivity index (χ0) is 17.6. The van der Waals surface area contributed by atoms with Gasteiger partial charge in [0.15, 0.2) is 0 Å². The minimum absolute atomic E-state index is 0.0295. The molecular weight excluding hydrogens is 313 g/mol. The highest BCUT2D eigenvalue weighted by Crippen LogP contribution is 2.22. The van der Waals surface area contributed by atoms with Gasteiger partial charge in [-0.1, -0.05) is 43.3 Å². The lowest BCUT2D eigenvalue weighted by Crippen LogP contribution is -2.46. The van der Waals surface area contributed by atoms with E-state index in [0.717, 1.165) is 50.4 Å². The highest BCUT2D eigenvalue weighted by atomic mass is 19.1. The molecule has 1 unspecified atom stereocenters. The Morgan fingerprint density at radius 1 is 1.04 bits per heavy atom. The smallest absolute Gasteiger partial charge is 0.128 e. The van der Waals surface area contributed by atoms with Gasteiger partial charge in [-0.15, -0.1) is 0 Å². The van der Waals surface area contributed by atoms with Crippen LogP contribution in [0, 0.1) is 5.82 Å². The Labute approximate surface area is 150 Å². The van der Waals surface area contributed by atoms with E-state index in [-0.39, 0.29) is 11.9 Å². The number of nitrogens with two attached hydrogens (primary N) is 1. The molecule has 0 amide bonds. The summed E-state index contributed by atoms with van der Waals surface area (Å²) in [5.41, 5.74) is 9.00. The molecule has 25 heavy (non-hydrogen) atoms. The average molecular weight is 341 g/mol. The number of piperazine rings is 1. The summed E-state index contributed by atoms with van der Waals surface area (Å²) in [5.74, 6) is -0.131. The first-order chi connectivity index (χ1) is 12.2. The van der Waals surface area contributed by atoms with Gasteiger partial charge in [0.1, 0.15) is 5.82 Å². The number of benzene rings is 2. The normalized spacial score (nSPS) is 16.8. The molecule has 1 saturated heterocycles. The van der Waals surface area contributed by atoms with Crippen LogP contribution in [0.2, 0.25) is 0 Å². The summed E-state index contributed by atoms with van der Waals surface area (Å²) in [5, 5.41) is 0. The monoisotopic (exact) mass is 341 g/mol. The van der Waals surface area contributed by atoms with Gasteiger partial charge in [-0.05, 0) is 36.1 Å². The minimum atomic E-state index is -0.131. The summed E-state index contributed by atoms with van der Waals surface area (Å²) >= 11 is 0. The second-order valence-electron chi connectivity index (χ2n) is 6.90. The highest BCUT2D eigenvalue weighted by molar-refractivity contribution is 5.49. The summed E-state index contributed by atoms with van der Waals surface area (Å²) < 4.78 is 14.4. The fourth-order valence-electron chi connectivity index (χ4n) is 3.33. The van der Waals surface area contributed by atoms with E-state index in [9.17, 15) is 4.39 Å². The quantitative estimate of drug-likeness (QED) is 0.874. The summed E-state index contributed by atoms with van der Waals surface area (Å²) in [4.78, 5) is 4.73. The van der Waals surface area contributed by atoms with Gasteiger partial charge in [0.25, 0.3) is 0 Å². The first-order valence-corrected chi connectivity index (χ1v) is 9.21. The second-order valence-corrected chi connectivity index (χ2v) is 6.90. The summed E-state index contributed by atoms with van der Waals surface area (Å²) in [6.07, 6.45) is 1.47. The first-order valence-electron chi connectivity index (χ1n) is 9.21. The molecule has 1 fully saturated rings. The van der Waals surface area contributed by atoms with Gasteiger partial charge < -0.3 is 10.6 Å². The van der Waals surface area contributed by atoms with Crippen molar-refractivity contribution in [2.75, 3.05) is 31.1 Å². The molecule has 0 aromatic heterocycles. The Morgan fingerprint density at radius 3 is 2.40 bits per heavy atom. The average Bonchev–Trinajstić information content (AvgIpc) is 2.65. The predicted octanol–water partition coefficient (Wildman–Crippen LogP) is 3.43. The molecule has 0 spiro atoms. The van der Waals surface area contributed by atoms with Crippen LogP contribution in [-0.4, -0.2) is 37.1 Å². The summed E-state index contributed by atoms with van der Waals surface area (Å²) in [6.45, 7) is 6.88. The Balaban J connectivity index is 1.56. The Morgan fingerprint density at radius 2 is 1.76 bits per heavy atom. The molecule has 134 valence electrons. The minimum Gasteiger partial charge on any atom is -0.369 e. The molecule has 2 N–H and O–H groups in total. The van der Waals surface area contributed by atoms with Crippen LogP contribution in [-0.2, 0) is 13.0 Å². The maximum absolute atomic E-state index is 14.4. The maximum atomic E-state index is 14.4. The molecule has 0 radical (unpaired) electrons. The number of hydrogen-bond acceptors (Lipinski definition) is 3. The third kappa shape index (κ3) is 4.80. The molecule has 2 aromatic carbocycles. The molecule has 1 heterocycles. The van der Waals surface area contributed by atoms with Crippen LogP contribution in [0.25, 0.3) is 0 Å². The molecule has 4 heteroatoms. The molecule has 3 rings (SSSR count). The molecule has 0 bridgehead atoms. The van der Waals surface area contributed by atoms with Crippen molar-refractivity contribution in [1.29, 1.82) is 0 Å². The van der Waals surface area contributed by atoms with E-state index in [4.69, 9.17) is 5.73 Å². The second kappa shape index (κ2) is 8.45. The fourth-order valence-corrected chi connectivity index (χ4v) is 3.33. The molecule has 2 aromatic rings. The van der Waals surface area contributed by atoms with E-state index in [1.165, 1.54) is 5.56 Å². The number of hydrogen-bond donors (Lipinski definition) is 1. The highest BCUT2D eigenvalue weighted by Gasteiger charge is 2.18. The standard InChI is InChI=1S/C21H28FN3/c1-2-19(23)14-18-8-9-20(15-21(18)22)25-12-10-24(11-13-25)16-17-6-4-3-5-7-17/h3-9,15,19H,2,10-14,16,23H2,1H3. The third-order valence-corrected chi connectivity index (χ3v) is 5.03. The van der Waals surface area contributed by atoms with Gasteiger partial charge in [-0.25, -0.2) is 4.39 Å². The third-order valence-electron chi connectivity index (χ3n) is 5.03. The summed E-state index contributed by atoms with van der Waals surface area (Å²) in [6, 6.07) is 16.2. The lowest BCUT2D eigenvalue weighted by Gasteiger charge is -2.36. The number of nitrogens with zero attached hydrogens (tertiary/aromatic N) is 2. The van der Waals surface area contributed by atoms with Crippen molar-refractivity contribution in [2.24, 2.45) is 5.73 Å². The van der Waals surface area contributed by atoms with Crippen molar-refractivity contribution in [3.05, 3.63) is 65.5 Å². The van der Waals surface area contributed by atoms with Gasteiger partial charge >= 0.3 is 0 Å². The Bertz CT molecular complexity index is 666. The van der Waals surface area contributed by atoms with E-state index in [0.29, 0.717) is 6.42 Å². The zero-order valence-electron chi connectivity index (χ0n) is 15.0. The molecular formula is C21H28FN3. The summed E-state index contributed by atoms with van der Waals surface area (Å²) in [7, 11) is 0. The fraction of sp³-hybridized carbons (Fsp3) is 0.429. The topological polar surface area (TPSA) is 32.5 Å². The van der Waals surface area contributed by atoms with Crippen LogP contribution in [0.5, 0.6) is 0 Å². The largest absolute Gasteiger partial charge is 0.369 e. The Hall–Kier alpha value is -1.91. The van der Waals surface area contributed by atoms with E-state index >= 15 is 0 Å².